The molecule has 1 aromatic carbocycles. The highest BCUT2D eigenvalue weighted by molar-refractivity contribution is 5.66. The maximum absolute atomic E-state index is 15.2. The monoisotopic (exact) mass is 570 g/mol. The molecule has 1 fully saturated rings. The molecule has 3 aromatic heterocycles. The molecule has 0 aliphatic heterocycles. The first kappa shape index (κ1) is 29.1. The van der Waals surface area contributed by atoms with Gasteiger partial charge in [-0.2, -0.15) is 20.1 Å². The molecule has 9 nitrogen and oxygen atoms in total. The van der Waals surface area contributed by atoms with Crippen LogP contribution < -0.4 is 11.1 Å². The summed E-state index contributed by atoms with van der Waals surface area (Å²) in [7, 11) is 0. The van der Waals surface area contributed by atoms with Gasteiger partial charge in [0, 0.05) is 12.2 Å². The molecule has 42 heavy (non-hydrogen) atoms. The van der Waals surface area contributed by atoms with Gasteiger partial charge in [-0.3, -0.25) is 4.98 Å². The zero-order valence-electron chi connectivity index (χ0n) is 23.7. The Bertz CT molecular complexity index is 1650. The third-order valence-corrected chi connectivity index (χ3v) is 7.94. The quantitative estimate of drug-likeness (QED) is 0.255. The minimum absolute atomic E-state index is 0.0841. The number of aromatic nitrogens is 4. The molecule has 1 aliphatic rings. The molecule has 0 spiro atoms. The lowest BCUT2D eigenvalue weighted by Gasteiger charge is -2.39. The molecule has 3 heterocycles. The molecule has 4 aromatic rings. The average Bonchev–Trinajstić information content (AvgIpc) is 3.36. The molecule has 1 saturated carbocycles. The Balaban J connectivity index is 1.43. The molecule has 216 valence electrons. The zero-order chi connectivity index (χ0) is 30.0. The second kappa shape index (κ2) is 11.8. The minimum Gasteiger partial charge on any atom is -0.375 e. The van der Waals surface area contributed by atoms with E-state index in [1.54, 1.807) is 38.5 Å². The molecule has 4 atom stereocenters. The van der Waals surface area contributed by atoms with Gasteiger partial charge in [0.05, 0.1) is 71.5 Å². The maximum Gasteiger partial charge on any atom is 0.229 e. The highest BCUT2D eigenvalue weighted by Gasteiger charge is 2.36. The van der Waals surface area contributed by atoms with Crippen LogP contribution >= 0.6 is 0 Å². The number of nitrogens with two attached hydrogens (primary N) is 1. The lowest BCUT2D eigenvalue weighted by molar-refractivity contribution is -0.0198. The number of halogens is 2. The smallest absolute Gasteiger partial charge is 0.229 e. The van der Waals surface area contributed by atoms with Gasteiger partial charge in [0.15, 0.2) is 0 Å². The van der Waals surface area contributed by atoms with Crippen molar-refractivity contribution in [2.24, 2.45) is 11.7 Å². The van der Waals surface area contributed by atoms with E-state index in [0.717, 1.165) is 17.7 Å². The van der Waals surface area contributed by atoms with E-state index < -0.39 is 17.0 Å². The number of anilines is 2. The van der Waals surface area contributed by atoms with Crippen molar-refractivity contribution >= 4 is 17.2 Å². The van der Waals surface area contributed by atoms with E-state index in [4.69, 9.17) is 15.7 Å². The number of nitrogens with one attached hydrogen (secondary N) is 1. The van der Waals surface area contributed by atoms with E-state index in [1.165, 1.54) is 22.7 Å². The van der Waals surface area contributed by atoms with Crippen molar-refractivity contribution in [3.63, 3.8) is 0 Å². The maximum atomic E-state index is 15.2. The molecular formula is C31H32F2N8O. The Morgan fingerprint density at radius 1 is 1.14 bits per heavy atom. The van der Waals surface area contributed by atoms with Gasteiger partial charge in [-0.25, -0.2) is 13.8 Å². The van der Waals surface area contributed by atoms with Gasteiger partial charge in [-0.1, -0.05) is 6.92 Å². The molecule has 0 amide bonds. The summed E-state index contributed by atoms with van der Waals surface area (Å²) >= 11 is 0. The molecular weight excluding hydrogens is 538 g/mol. The molecule has 0 saturated heterocycles. The zero-order valence-corrected chi connectivity index (χ0v) is 23.7. The Kier molecular flexibility index (Phi) is 8.17. The number of pyridine rings is 1. The molecule has 0 unspecified atom stereocenters. The van der Waals surface area contributed by atoms with Gasteiger partial charge in [0.1, 0.15) is 11.6 Å². The largest absolute Gasteiger partial charge is 0.375 e. The van der Waals surface area contributed by atoms with Crippen LogP contribution in [-0.2, 0) is 10.2 Å². The van der Waals surface area contributed by atoms with Crippen LogP contribution in [0.15, 0.2) is 48.9 Å². The van der Waals surface area contributed by atoms with Gasteiger partial charge in [-0.15, -0.1) is 0 Å². The highest BCUT2D eigenvalue weighted by Crippen LogP contribution is 2.40. The summed E-state index contributed by atoms with van der Waals surface area (Å²) in [5.74, 6) is -0.936. The summed E-state index contributed by atoms with van der Waals surface area (Å²) in [6.07, 6.45) is 6.80. The van der Waals surface area contributed by atoms with E-state index in [2.05, 4.69) is 39.4 Å². The molecule has 0 radical (unpaired) electrons. The summed E-state index contributed by atoms with van der Waals surface area (Å²) in [4.78, 5) is 8.76. The van der Waals surface area contributed by atoms with E-state index >= 15 is 8.78 Å². The van der Waals surface area contributed by atoms with Crippen molar-refractivity contribution in [1.82, 2.24) is 19.6 Å². The Hall–Kier alpha value is -4.45. The number of fused-ring (bicyclic) bond motifs is 1. The van der Waals surface area contributed by atoms with Gasteiger partial charge >= 0.3 is 0 Å². The molecule has 3 N–H and O–H groups in total. The average molecular weight is 571 g/mol. The second-order valence-electron chi connectivity index (χ2n) is 11.3. The fourth-order valence-electron chi connectivity index (χ4n) is 5.68. The van der Waals surface area contributed by atoms with E-state index in [0.29, 0.717) is 30.9 Å². The van der Waals surface area contributed by atoms with E-state index in [9.17, 15) is 5.26 Å². The minimum atomic E-state index is -1.05. The van der Waals surface area contributed by atoms with Crippen molar-refractivity contribution in [1.29, 1.82) is 10.5 Å². The van der Waals surface area contributed by atoms with Crippen LogP contribution in [0.2, 0.25) is 0 Å². The molecule has 5 rings (SSSR count). The second-order valence-corrected chi connectivity index (χ2v) is 11.3. The first-order chi connectivity index (χ1) is 20.1. The van der Waals surface area contributed by atoms with Crippen molar-refractivity contribution in [2.75, 3.05) is 11.9 Å². The number of rotatable bonds is 8. The third-order valence-electron chi connectivity index (χ3n) is 7.94. The van der Waals surface area contributed by atoms with E-state index in [1.807, 2.05) is 6.07 Å². The Morgan fingerprint density at radius 2 is 1.90 bits per heavy atom. The fraction of sp³-hybridized carbons (Fsp3) is 0.387. The van der Waals surface area contributed by atoms with Crippen LogP contribution in [0, 0.1) is 40.2 Å². The number of nitrogens with zero attached hydrogens (tertiary/aromatic N) is 6. The Morgan fingerprint density at radius 3 is 2.60 bits per heavy atom. The Labute approximate surface area is 243 Å². The number of benzene rings is 1. The molecule has 1 aliphatic carbocycles. The van der Waals surface area contributed by atoms with Crippen LogP contribution in [0.25, 0.3) is 16.8 Å². The first-order valence-corrected chi connectivity index (χ1v) is 13.8. The lowest BCUT2D eigenvalue weighted by atomic mass is 9.74. The van der Waals surface area contributed by atoms with Crippen LogP contribution in [0.5, 0.6) is 0 Å². The standard InChI is InChI=1S/C31H32F2N8O/c1-18-11-19(12-25(36)29(18)42-10-4-8-34)22-7-9-37-16-27(22)39-30-38-15-21-5-6-26(40-41(21)30)28-23(32)13-20(14-24(28)33)31(2,3)17-35/h5-7,9,13-16,18-19,25,29H,4,10-12,36H2,1-3H3,(H,38,39)/t18-,19+,25+,29-/m0/s1. The molecule has 0 bridgehead atoms. The normalized spacial score (nSPS) is 20.7. The van der Waals surface area contributed by atoms with Crippen LogP contribution in [0.3, 0.4) is 0 Å². The fourth-order valence-corrected chi connectivity index (χ4v) is 5.68. The summed E-state index contributed by atoms with van der Waals surface area (Å²) < 4.78 is 37.8. The van der Waals surface area contributed by atoms with Crippen molar-refractivity contribution in [2.45, 2.75) is 63.5 Å². The molecule has 11 heteroatoms. The van der Waals surface area contributed by atoms with Gasteiger partial charge < -0.3 is 15.8 Å². The summed E-state index contributed by atoms with van der Waals surface area (Å²) in [6, 6.07) is 11.5. The first-order valence-electron chi connectivity index (χ1n) is 13.8. The SMILES string of the molecule is C[C@H]1C[C@@H](c2ccncc2Nc2ncc3ccc(-c4c(F)cc(C(C)(C)C#N)cc4F)nn23)C[C@@H](N)[C@H]1OCCC#N. The third kappa shape index (κ3) is 5.67. The number of nitriles is 2. The number of hydrogen-bond acceptors (Lipinski definition) is 8. The van der Waals surface area contributed by atoms with Crippen LogP contribution in [0.1, 0.15) is 57.1 Å². The summed E-state index contributed by atoms with van der Waals surface area (Å²) in [6.45, 7) is 5.68. The number of ether oxygens (including phenoxy) is 1. The number of imidazole rings is 1. The van der Waals surface area contributed by atoms with Crippen LogP contribution in [-0.4, -0.2) is 38.3 Å². The van der Waals surface area contributed by atoms with Crippen molar-refractivity contribution < 1.29 is 13.5 Å². The summed E-state index contributed by atoms with van der Waals surface area (Å²) in [5, 5.41) is 26.1. The van der Waals surface area contributed by atoms with E-state index in [-0.39, 0.29) is 40.8 Å². The highest BCUT2D eigenvalue weighted by atomic mass is 19.1. The topological polar surface area (TPSA) is 138 Å². The number of hydrogen-bond donors (Lipinski definition) is 2. The van der Waals surface area contributed by atoms with Gasteiger partial charge in [-0.05, 0) is 80.0 Å². The predicted molar refractivity (Wildman–Crippen MR) is 154 cm³/mol. The van der Waals surface area contributed by atoms with Crippen molar-refractivity contribution in [3.8, 4) is 23.4 Å². The van der Waals surface area contributed by atoms with Crippen LogP contribution in [0.4, 0.5) is 20.4 Å². The van der Waals surface area contributed by atoms with Crippen molar-refractivity contribution in [3.05, 3.63) is 71.7 Å². The predicted octanol–water partition coefficient (Wildman–Crippen LogP) is 5.75. The van der Waals surface area contributed by atoms with Gasteiger partial charge in [0.25, 0.3) is 0 Å². The van der Waals surface area contributed by atoms with Gasteiger partial charge in [0.2, 0.25) is 5.95 Å². The summed E-state index contributed by atoms with van der Waals surface area (Å²) in [5.41, 5.74) is 7.90. The lowest BCUT2D eigenvalue weighted by Crippen LogP contribution is -2.46.